The lowest BCUT2D eigenvalue weighted by Crippen LogP contribution is -2.15. The summed E-state index contributed by atoms with van der Waals surface area (Å²) in [6.07, 6.45) is 0. The van der Waals surface area contributed by atoms with E-state index in [9.17, 15) is 12.8 Å². The fourth-order valence-corrected chi connectivity index (χ4v) is 3.97. The number of benzene rings is 2. The molecule has 10 heteroatoms. The maximum Gasteiger partial charge on any atom is 0.261 e. The predicted molar refractivity (Wildman–Crippen MR) is 113 cm³/mol. The largest absolute Gasteiger partial charge is 0.419 e. The molecule has 0 aliphatic rings. The summed E-state index contributed by atoms with van der Waals surface area (Å²) < 4.78 is 47.9. The molecule has 0 radical (unpaired) electrons. The van der Waals surface area contributed by atoms with Crippen molar-refractivity contribution in [1.82, 2.24) is 15.5 Å². The van der Waals surface area contributed by atoms with E-state index >= 15 is 0 Å². The molecule has 0 atom stereocenters. The summed E-state index contributed by atoms with van der Waals surface area (Å²) in [4.78, 5) is 0.0400. The van der Waals surface area contributed by atoms with Crippen LogP contribution in [0, 0.1) is 5.82 Å². The fourth-order valence-electron chi connectivity index (χ4n) is 2.73. The summed E-state index contributed by atoms with van der Waals surface area (Å²) in [6, 6.07) is 8.74. The smallest absolute Gasteiger partial charge is 0.261 e. The molecule has 1 aromatic heterocycles. The number of halogens is 2. The van der Waals surface area contributed by atoms with Crippen molar-refractivity contribution in [1.29, 1.82) is 0 Å². The van der Waals surface area contributed by atoms with E-state index in [4.69, 9.17) is 16.0 Å². The number of hydrogen-bond acceptors (Lipinski definition) is 6. The van der Waals surface area contributed by atoms with E-state index in [0.717, 1.165) is 11.6 Å². The number of nitrogens with one attached hydrogen (secondary N) is 2. The number of hydrogen-bond donors (Lipinski definition) is 2. The van der Waals surface area contributed by atoms with Gasteiger partial charge in [-0.15, -0.1) is 10.2 Å². The van der Waals surface area contributed by atoms with Crippen molar-refractivity contribution in [2.75, 3.05) is 11.8 Å². The second-order valence-electron chi connectivity index (χ2n) is 7.72. The predicted octanol–water partition coefficient (Wildman–Crippen LogP) is 4.35. The molecule has 0 aliphatic carbocycles. The maximum absolute atomic E-state index is 14.1. The van der Waals surface area contributed by atoms with Crippen LogP contribution in [0.5, 0.6) is 0 Å². The number of nitrogens with zero attached hydrogens (tertiary/aromatic N) is 2. The third-order valence-corrected chi connectivity index (χ3v) is 6.03. The van der Waals surface area contributed by atoms with E-state index in [0.29, 0.717) is 12.4 Å². The van der Waals surface area contributed by atoms with Crippen molar-refractivity contribution in [2.24, 2.45) is 0 Å². The van der Waals surface area contributed by atoms with Crippen LogP contribution in [0.2, 0.25) is 5.02 Å². The highest BCUT2D eigenvalue weighted by molar-refractivity contribution is 7.92. The lowest BCUT2D eigenvalue weighted by Gasteiger charge is -2.19. The molecular formula is C20H22ClFN4O3S. The molecule has 0 aliphatic heterocycles. The zero-order valence-electron chi connectivity index (χ0n) is 17.0. The SMILES string of the molecule is CNCc1nnc(-c2cc(Cl)c(F)cc2NS(=O)(=O)c2ccc(C(C)(C)C)cc2)o1. The molecule has 3 aromatic rings. The van der Waals surface area contributed by atoms with Gasteiger partial charge in [0.1, 0.15) is 5.82 Å². The Morgan fingerprint density at radius 1 is 1.13 bits per heavy atom. The van der Waals surface area contributed by atoms with Crippen molar-refractivity contribution < 1.29 is 17.2 Å². The first-order valence-electron chi connectivity index (χ1n) is 9.11. The van der Waals surface area contributed by atoms with Gasteiger partial charge >= 0.3 is 0 Å². The Kier molecular flexibility index (Phi) is 6.16. The summed E-state index contributed by atoms with van der Waals surface area (Å²) in [5.74, 6) is -0.474. The van der Waals surface area contributed by atoms with Crippen molar-refractivity contribution in [2.45, 2.75) is 37.6 Å². The quantitative estimate of drug-likeness (QED) is 0.577. The lowest BCUT2D eigenvalue weighted by atomic mass is 9.87. The van der Waals surface area contributed by atoms with Gasteiger partial charge in [0.15, 0.2) is 0 Å². The summed E-state index contributed by atoms with van der Waals surface area (Å²) in [7, 11) is -2.29. The van der Waals surface area contributed by atoms with E-state index in [-0.39, 0.29) is 32.5 Å². The first-order chi connectivity index (χ1) is 14.0. The molecule has 0 bridgehead atoms. The van der Waals surface area contributed by atoms with Gasteiger partial charge < -0.3 is 9.73 Å². The molecule has 0 saturated carbocycles. The highest BCUT2D eigenvalue weighted by atomic mass is 35.5. The van der Waals surface area contributed by atoms with Gasteiger partial charge in [-0.05, 0) is 36.2 Å². The average Bonchev–Trinajstić information content (AvgIpc) is 3.12. The van der Waals surface area contributed by atoms with Crippen LogP contribution >= 0.6 is 11.6 Å². The third-order valence-electron chi connectivity index (χ3n) is 4.36. The number of rotatable bonds is 6. The van der Waals surface area contributed by atoms with Gasteiger partial charge in [0.2, 0.25) is 11.8 Å². The minimum Gasteiger partial charge on any atom is -0.419 e. The summed E-state index contributed by atoms with van der Waals surface area (Å²) in [5.41, 5.74) is 0.982. The summed E-state index contributed by atoms with van der Waals surface area (Å²) >= 11 is 5.90. The van der Waals surface area contributed by atoms with Crippen LogP contribution in [-0.4, -0.2) is 25.7 Å². The Hall–Kier alpha value is -2.49. The zero-order chi connectivity index (χ0) is 22.1. The Bertz CT molecular complexity index is 1160. The maximum atomic E-state index is 14.1. The van der Waals surface area contributed by atoms with E-state index in [1.54, 1.807) is 19.2 Å². The van der Waals surface area contributed by atoms with Crippen LogP contribution in [-0.2, 0) is 22.0 Å². The number of anilines is 1. The molecular weight excluding hydrogens is 431 g/mol. The number of sulfonamides is 1. The molecule has 2 aromatic carbocycles. The van der Waals surface area contributed by atoms with Crippen LogP contribution in [0.3, 0.4) is 0 Å². The average molecular weight is 453 g/mol. The molecule has 160 valence electrons. The molecule has 7 nitrogen and oxygen atoms in total. The highest BCUT2D eigenvalue weighted by Crippen LogP contribution is 2.34. The number of aromatic nitrogens is 2. The Morgan fingerprint density at radius 3 is 2.40 bits per heavy atom. The molecule has 1 heterocycles. The molecule has 0 spiro atoms. The van der Waals surface area contributed by atoms with E-state index in [1.807, 2.05) is 20.8 Å². The van der Waals surface area contributed by atoms with Crippen LogP contribution < -0.4 is 10.0 Å². The molecule has 2 N–H and O–H groups in total. The van der Waals surface area contributed by atoms with E-state index in [1.165, 1.54) is 18.2 Å². The van der Waals surface area contributed by atoms with Crippen molar-refractivity contribution in [3.63, 3.8) is 0 Å². The minimum absolute atomic E-state index is 0.0166. The third kappa shape index (κ3) is 4.80. The van der Waals surface area contributed by atoms with Crippen LogP contribution in [0.1, 0.15) is 32.2 Å². The molecule has 30 heavy (non-hydrogen) atoms. The van der Waals surface area contributed by atoms with Gasteiger partial charge in [0.25, 0.3) is 10.0 Å². The summed E-state index contributed by atoms with van der Waals surface area (Å²) in [5, 5.41) is 10.4. The van der Waals surface area contributed by atoms with Crippen molar-refractivity contribution >= 4 is 27.3 Å². The minimum atomic E-state index is -4.00. The monoisotopic (exact) mass is 452 g/mol. The Labute approximate surface area is 179 Å². The topological polar surface area (TPSA) is 97.1 Å². The lowest BCUT2D eigenvalue weighted by molar-refractivity contribution is 0.490. The van der Waals surface area contributed by atoms with Crippen LogP contribution in [0.25, 0.3) is 11.5 Å². The second kappa shape index (κ2) is 8.33. The summed E-state index contributed by atoms with van der Waals surface area (Å²) in [6.45, 7) is 6.42. The molecule has 0 amide bonds. The van der Waals surface area contributed by atoms with Crippen LogP contribution in [0.15, 0.2) is 45.7 Å². The Balaban J connectivity index is 1.99. The first-order valence-corrected chi connectivity index (χ1v) is 11.0. The van der Waals surface area contributed by atoms with Gasteiger partial charge in [-0.2, -0.15) is 0 Å². The Morgan fingerprint density at radius 2 is 1.80 bits per heavy atom. The van der Waals surface area contributed by atoms with Crippen molar-refractivity contribution in [3.8, 4) is 11.5 Å². The van der Waals surface area contributed by atoms with Gasteiger partial charge in [0, 0.05) is 6.07 Å². The highest BCUT2D eigenvalue weighted by Gasteiger charge is 2.22. The second-order valence-corrected chi connectivity index (χ2v) is 9.81. The van der Waals surface area contributed by atoms with Crippen LogP contribution in [0.4, 0.5) is 10.1 Å². The van der Waals surface area contributed by atoms with E-state index < -0.39 is 15.8 Å². The van der Waals surface area contributed by atoms with Gasteiger partial charge in [-0.1, -0.05) is 44.5 Å². The fraction of sp³-hybridized carbons (Fsp3) is 0.300. The van der Waals surface area contributed by atoms with Gasteiger partial charge in [-0.3, -0.25) is 4.72 Å². The first kappa shape index (κ1) is 22.2. The van der Waals surface area contributed by atoms with Crippen molar-refractivity contribution in [3.05, 3.63) is 58.7 Å². The standard InChI is InChI=1S/C20H22ClFN4O3S/c1-20(2,3)12-5-7-13(8-6-12)30(27,28)26-17-10-16(22)15(21)9-14(17)19-25-24-18(29-19)11-23-4/h5-10,23,26H,11H2,1-4H3. The zero-order valence-corrected chi connectivity index (χ0v) is 18.5. The van der Waals surface area contributed by atoms with Gasteiger partial charge in [0.05, 0.1) is 27.7 Å². The molecule has 3 rings (SSSR count). The molecule has 0 fully saturated rings. The van der Waals surface area contributed by atoms with E-state index in [2.05, 4.69) is 20.2 Å². The van der Waals surface area contributed by atoms with Gasteiger partial charge in [-0.25, -0.2) is 12.8 Å². The normalized spacial score (nSPS) is 12.2. The molecule has 0 saturated heterocycles. The molecule has 0 unspecified atom stereocenters.